The number of nitrogens with two attached hydrogens (primary N) is 1. The van der Waals surface area contributed by atoms with Gasteiger partial charge in [0.15, 0.2) is 0 Å². The zero-order valence-electron chi connectivity index (χ0n) is 15.9. The number of aliphatic hydroxyl groups is 1. The summed E-state index contributed by atoms with van der Waals surface area (Å²) in [6, 6.07) is 25.2. The van der Waals surface area contributed by atoms with E-state index in [-0.39, 0.29) is 6.04 Å². The topological polar surface area (TPSA) is 49.7 Å². The number of aliphatic hydroxyl groups excluding tert-OH is 1. The fourth-order valence-electron chi connectivity index (χ4n) is 4.48. The monoisotopic (exact) mass is 369 g/mol. The molecule has 2 heterocycles. The minimum Gasteiger partial charge on any atom is -0.382 e. The fourth-order valence-corrected chi connectivity index (χ4v) is 4.48. The Kier molecular flexibility index (Phi) is 4.55. The third-order valence-electron chi connectivity index (χ3n) is 5.99. The molecule has 0 radical (unpaired) electrons. The van der Waals surface area contributed by atoms with E-state index in [9.17, 15) is 5.11 Å². The second-order valence-corrected chi connectivity index (χ2v) is 7.77. The van der Waals surface area contributed by atoms with Gasteiger partial charge in [0, 0.05) is 22.8 Å². The Morgan fingerprint density at radius 2 is 1.71 bits per heavy atom. The molecule has 1 saturated heterocycles. The summed E-state index contributed by atoms with van der Waals surface area (Å²) in [6.45, 7) is 1.10. The number of hydrogen-bond donors (Lipinski definition) is 2. The quantitative estimate of drug-likeness (QED) is 0.532. The summed E-state index contributed by atoms with van der Waals surface area (Å²) >= 11 is 0. The van der Waals surface area contributed by atoms with E-state index in [0.717, 1.165) is 46.1 Å². The van der Waals surface area contributed by atoms with Crippen molar-refractivity contribution in [2.45, 2.75) is 31.4 Å². The number of quaternary nitrogens is 1. The summed E-state index contributed by atoms with van der Waals surface area (Å²) in [5.41, 5.74) is 3.98. The molecule has 1 aromatic heterocycles. The van der Waals surface area contributed by atoms with Gasteiger partial charge < -0.3 is 10.4 Å². The van der Waals surface area contributed by atoms with Crippen molar-refractivity contribution < 1.29 is 10.4 Å². The lowest BCUT2D eigenvalue weighted by molar-refractivity contribution is -0.705. The Balaban J connectivity index is 1.76. The molecule has 0 unspecified atom stereocenters. The van der Waals surface area contributed by atoms with E-state index in [1.54, 1.807) is 0 Å². The first kappa shape index (κ1) is 17.4. The molecule has 2 atom stereocenters. The SMILES string of the molecule is O[C@@H](c1cc(-c2ccccc2)nc2c1ccc1ccccc12)[C@H]1CCCC[NH2+]1. The first-order valence-electron chi connectivity index (χ1n) is 10.2. The van der Waals surface area contributed by atoms with Crippen molar-refractivity contribution in [1.29, 1.82) is 0 Å². The first-order valence-corrected chi connectivity index (χ1v) is 10.2. The normalized spacial score (nSPS) is 18.4. The van der Waals surface area contributed by atoms with Crippen molar-refractivity contribution in [3.63, 3.8) is 0 Å². The summed E-state index contributed by atoms with van der Waals surface area (Å²) in [6.07, 6.45) is 2.99. The summed E-state index contributed by atoms with van der Waals surface area (Å²) in [5, 5.41) is 17.0. The minimum atomic E-state index is -0.491. The van der Waals surface area contributed by atoms with Gasteiger partial charge in [-0.3, -0.25) is 0 Å². The Morgan fingerprint density at radius 3 is 2.54 bits per heavy atom. The highest BCUT2D eigenvalue weighted by Gasteiger charge is 2.28. The van der Waals surface area contributed by atoms with Gasteiger partial charge in [-0.15, -0.1) is 0 Å². The molecule has 0 amide bonds. The van der Waals surface area contributed by atoms with Crippen LogP contribution in [0.2, 0.25) is 0 Å². The third-order valence-corrected chi connectivity index (χ3v) is 5.99. The van der Waals surface area contributed by atoms with Crippen LogP contribution in [0.4, 0.5) is 0 Å². The highest BCUT2D eigenvalue weighted by molar-refractivity contribution is 6.07. The average Bonchev–Trinajstić information content (AvgIpc) is 2.79. The maximum Gasteiger partial charge on any atom is 0.131 e. The predicted octanol–water partition coefficient (Wildman–Crippen LogP) is 4.20. The second kappa shape index (κ2) is 7.34. The molecule has 0 aliphatic carbocycles. The van der Waals surface area contributed by atoms with E-state index in [1.807, 2.05) is 18.2 Å². The minimum absolute atomic E-state index is 0.217. The largest absolute Gasteiger partial charge is 0.382 e. The van der Waals surface area contributed by atoms with Gasteiger partial charge in [-0.2, -0.15) is 0 Å². The molecule has 1 aliphatic rings. The van der Waals surface area contributed by atoms with E-state index in [0.29, 0.717) is 0 Å². The van der Waals surface area contributed by atoms with Gasteiger partial charge in [0.25, 0.3) is 0 Å². The molecule has 3 heteroatoms. The molecule has 0 spiro atoms. The summed E-state index contributed by atoms with van der Waals surface area (Å²) in [5.74, 6) is 0. The van der Waals surface area contributed by atoms with Crippen LogP contribution in [0.1, 0.15) is 30.9 Å². The summed E-state index contributed by atoms with van der Waals surface area (Å²) < 4.78 is 0. The molecule has 0 saturated carbocycles. The molecule has 3 N–H and O–H groups in total. The Hall–Kier alpha value is -2.75. The third kappa shape index (κ3) is 3.07. The van der Waals surface area contributed by atoms with E-state index in [2.05, 4.69) is 59.9 Å². The lowest BCUT2D eigenvalue weighted by Gasteiger charge is -2.26. The molecule has 4 aromatic rings. The van der Waals surface area contributed by atoms with Gasteiger partial charge in [-0.05, 0) is 29.9 Å². The molecule has 1 aliphatic heterocycles. The molecule has 0 bridgehead atoms. The van der Waals surface area contributed by atoms with Crippen LogP contribution in [-0.2, 0) is 0 Å². The lowest BCUT2D eigenvalue weighted by atomic mass is 9.91. The standard InChI is InChI=1S/C25H24N2O/c28-25(22-12-6-7-15-26-22)21-16-23(18-9-2-1-3-10-18)27-24-19-11-5-4-8-17(19)13-14-20(21)24/h1-5,8-11,13-14,16,22,25-26,28H,6-7,12,15H2/p+1/t22-,25+/m1/s1. The second-order valence-electron chi connectivity index (χ2n) is 7.77. The highest BCUT2D eigenvalue weighted by Crippen LogP contribution is 2.34. The van der Waals surface area contributed by atoms with E-state index in [4.69, 9.17) is 4.98 Å². The molecule has 28 heavy (non-hydrogen) atoms. The van der Waals surface area contributed by atoms with E-state index in [1.165, 1.54) is 18.2 Å². The summed E-state index contributed by atoms with van der Waals surface area (Å²) in [7, 11) is 0. The number of aromatic nitrogens is 1. The molecule has 3 nitrogen and oxygen atoms in total. The van der Waals surface area contributed by atoms with Crippen LogP contribution in [0, 0.1) is 0 Å². The maximum absolute atomic E-state index is 11.3. The van der Waals surface area contributed by atoms with Crippen LogP contribution < -0.4 is 5.32 Å². The maximum atomic E-state index is 11.3. The van der Waals surface area contributed by atoms with Crippen LogP contribution in [0.3, 0.4) is 0 Å². The van der Waals surface area contributed by atoms with Gasteiger partial charge in [-0.1, -0.05) is 66.7 Å². The van der Waals surface area contributed by atoms with Gasteiger partial charge >= 0.3 is 0 Å². The Labute approximate surface area is 165 Å². The number of fused-ring (bicyclic) bond motifs is 3. The number of nitrogens with zero attached hydrogens (tertiary/aromatic N) is 1. The predicted molar refractivity (Wildman–Crippen MR) is 114 cm³/mol. The average molecular weight is 369 g/mol. The number of pyridine rings is 1. The zero-order chi connectivity index (χ0) is 18.9. The smallest absolute Gasteiger partial charge is 0.131 e. The van der Waals surface area contributed by atoms with E-state index < -0.39 is 6.10 Å². The van der Waals surface area contributed by atoms with Crippen LogP contribution >= 0.6 is 0 Å². The van der Waals surface area contributed by atoms with Gasteiger partial charge in [0.05, 0.1) is 17.8 Å². The molecule has 5 rings (SSSR count). The van der Waals surface area contributed by atoms with Gasteiger partial charge in [0.2, 0.25) is 0 Å². The highest BCUT2D eigenvalue weighted by atomic mass is 16.3. The summed E-state index contributed by atoms with van der Waals surface area (Å²) in [4.78, 5) is 5.04. The molecule has 140 valence electrons. The lowest BCUT2D eigenvalue weighted by Crippen LogP contribution is -2.92. The fraction of sp³-hybridized carbons (Fsp3) is 0.240. The van der Waals surface area contributed by atoms with Crippen LogP contribution in [0.25, 0.3) is 32.9 Å². The Bertz CT molecular complexity index is 1120. The van der Waals surface area contributed by atoms with Crippen molar-refractivity contribution in [3.05, 3.63) is 78.4 Å². The van der Waals surface area contributed by atoms with Crippen LogP contribution in [0.15, 0.2) is 72.8 Å². The molecule has 1 fully saturated rings. The van der Waals surface area contributed by atoms with Crippen molar-refractivity contribution in [3.8, 4) is 11.3 Å². The molecular weight excluding hydrogens is 344 g/mol. The molecular formula is C25H25N2O+. The Morgan fingerprint density at radius 1 is 0.893 bits per heavy atom. The first-order chi connectivity index (χ1) is 13.8. The zero-order valence-corrected chi connectivity index (χ0v) is 15.9. The van der Waals surface area contributed by atoms with E-state index >= 15 is 0 Å². The number of rotatable bonds is 3. The van der Waals surface area contributed by atoms with Crippen LogP contribution in [-0.4, -0.2) is 22.7 Å². The number of benzene rings is 3. The molecule has 3 aromatic carbocycles. The number of piperidine rings is 1. The van der Waals surface area contributed by atoms with Gasteiger partial charge in [-0.25, -0.2) is 4.98 Å². The number of hydrogen-bond acceptors (Lipinski definition) is 2. The van der Waals surface area contributed by atoms with Crippen molar-refractivity contribution in [2.24, 2.45) is 0 Å². The van der Waals surface area contributed by atoms with Gasteiger partial charge in [0.1, 0.15) is 12.1 Å². The van der Waals surface area contributed by atoms with Crippen molar-refractivity contribution in [2.75, 3.05) is 6.54 Å². The van der Waals surface area contributed by atoms with Crippen molar-refractivity contribution in [1.82, 2.24) is 4.98 Å². The van der Waals surface area contributed by atoms with Crippen LogP contribution in [0.5, 0.6) is 0 Å². The van der Waals surface area contributed by atoms with Crippen molar-refractivity contribution >= 4 is 21.7 Å².